The average molecular weight is 460 g/mol. The molecule has 0 atom stereocenters. The van der Waals surface area contributed by atoms with Crippen molar-refractivity contribution < 1.29 is 14.0 Å². The van der Waals surface area contributed by atoms with Crippen LogP contribution in [0.5, 0.6) is 5.75 Å². The Bertz CT molecular complexity index is 647. The Hall–Kier alpha value is -1.81. The largest absolute Gasteiger partial charge is 0.491 e. The normalized spacial score (nSPS) is 10.9. The van der Waals surface area contributed by atoms with Crippen molar-refractivity contribution >= 4 is 29.9 Å². The maximum absolute atomic E-state index is 5.80. The van der Waals surface area contributed by atoms with Gasteiger partial charge in [0.15, 0.2) is 5.96 Å². The van der Waals surface area contributed by atoms with Crippen LogP contribution in [0, 0.1) is 6.92 Å². The fourth-order valence-corrected chi connectivity index (χ4v) is 2.08. The number of halogens is 1. The van der Waals surface area contributed by atoms with E-state index in [1.54, 1.807) is 20.4 Å². The summed E-state index contributed by atoms with van der Waals surface area (Å²) in [5, 5.41) is 10.3. The molecule has 7 nitrogen and oxygen atoms in total. The summed E-state index contributed by atoms with van der Waals surface area (Å²) in [6.07, 6.45) is 1.54. The van der Waals surface area contributed by atoms with Gasteiger partial charge in [-0.3, -0.25) is 4.99 Å². The molecule has 0 unspecified atom stereocenters. The minimum atomic E-state index is 0. The highest BCUT2D eigenvalue weighted by Crippen LogP contribution is 2.20. The molecule has 0 aliphatic carbocycles. The minimum absolute atomic E-state index is 0. The lowest BCUT2D eigenvalue weighted by Crippen LogP contribution is -2.36. The topological polar surface area (TPSA) is 80.9 Å². The van der Waals surface area contributed by atoms with E-state index in [0.29, 0.717) is 32.3 Å². The summed E-state index contributed by atoms with van der Waals surface area (Å²) in [6.45, 7) is 4.26. The van der Waals surface area contributed by atoms with Crippen LogP contribution in [-0.2, 0) is 17.8 Å². The Balaban J connectivity index is 0.00000312. The van der Waals surface area contributed by atoms with E-state index >= 15 is 0 Å². The Morgan fingerprint density at radius 3 is 2.68 bits per heavy atom. The van der Waals surface area contributed by atoms with Crippen molar-refractivity contribution in [1.82, 2.24) is 15.8 Å². The third-order valence-electron chi connectivity index (χ3n) is 3.37. The molecule has 25 heavy (non-hydrogen) atoms. The number of rotatable bonds is 8. The van der Waals surface area contributed by atoms with E-state index in [1.165, 1.54) is 0 Å². The molecule has 1 heterocycles. The van der Waals surface area contributed by atoms with E-state index in [9.17, 15) is 0 Å². The van der Waals surface area contributed by atoms with Gasteiger partial charge in [0.25, 0.3) is 0 Å². The van der Waals surface area contributed by atoms with E-state index in [2.05, 4.69) is 32.9 Å². The number of methoxy groups -OCH3 is 1. The quantitative estimate of drug-likeness (QED) is 0.273. The van der Waals surface area contributed by atoms with Crippen LogP contribution in [0.1, 0.15) is 16.8 Å². The van der Waals surface area contributed by atoms with Crippen LogP contribution in [0.25, 0.3) is 0 Å². The highest BCUT2D eigenvalue weighted by atomic mass is 127. The van der Waals surface area contributed by atoms with Gasteiger partial charge in [0.2, 0.25) is 0 Å². The number of aliphatic imine (C=N–C) groups is 1. The van der Waals surface area contributed by atoms with Crippen molar-refractivity contribution in [1.29, 1.82) is 0 Å². The van der Waals surface area contributed by atoms with Crippen molar-refractivity contribution in [2.24, 2.45) is 4.99 Å². The molecule has 8 heteroatoms. The van der Waals surface area contributed by atoms with Gasteiger partial charge in [0.1, 0.15) is 24.3 Å². The van der Waals surface area contributed by atoms with Crippen molar-refractivity contribution in [2.45, 2.75) is 20.0 Å². The molecule has 0 aliphatic rings. The van der Waals surface area contributed by atoms with Crippen LogP contribution in [0.3, 0.4) is 0 Å². The number of hydrogen-bond acceptors (Lipinski definition) is 5. The van der Waals surface area contributed by atoms with E-state index in [-0.39, 0.29) is 24.0 Å². The third kappa shape index (κ3) is 7.30. The predicted octanol–water partition coefficient (Wildman–Crippen LogP) is 2.49. The maximum Gasteiger partial charge on any atom is 0.191 e. The number of guanidine groups is 1. The maximum atomic E-state index is 5.80. The standard InChI is InChI=1S/C17H24N4O3.HI/c1-13-4-5-14(16(10-13)23-9-8-22-3)11-19-17(18-2)20-12-15-6-7-24-21-15;/h4-7,10H,8-9,11-12H2,1-3H3,(H2,18,19,20);1H. The van der Waals surface area contributed by atoms with Gasteiger partial charge in [-0.2, -0.15) is 0 Å². The molecule has 0 fully saturated rings. The first kappa shape index (κ1) is 21.2. The van der Waals surface area contributed by atoms with Gasteiger partial charge < -0.3 is 24.6 Å². The van der Waals surface area contributed by atoms with Crippen LogP contribution in [0.15, 0.2) is 40.0 Å². The molecule has 2 N–H and O–H groups in total. The molecule has 0 aliphatic heterocycles. The molecule has 2 rings (SSSR count). The summed E-state index contributed by atoms with van der Waals surface area (Å²) in [6, 6.07) is 7.95. The molecular formula is C17H25IN4O3. The highest BCUT2D eigenvalue weighted by Gasteiger charge is 2.06. The Morgan fingerprint density at radius 2 is 2.00 bits per heavy atom. The lowest BCUT2D eigenvalue weighted by atomic mass is 10.1. The highest BCUT2D eigenvalue weighted by molar-refractivity contribution is 14.0. The van der Waals surface area contributed by atoms with Crippen LogP contribution >= 0.6 is 24.0 Å². The summed E-state index contributed by atoms with van der Waals surface area (Å²) in [5.41, 5.74) is 3.03. The number of aryl methyl sites for hydroxylation is 1. The number of hydrogen-bond donors (Lipinski definition) is 2. The minimum Gasteiger partial charge on any atom is -0.491 e. The van der Waals surface area contributed by atoms with E-state index in [4.69, 9.17) is 14.0 Å². The van der Waals surface area contributed by atoms with Crippen molar-refractivity contribution in [3.05, 3.63) is 47.3 Å². The van der Waals surface area contributed by atoms with Gasteiger partial charge >= 0.3 is 0 Å². The first-order valence-electron chi connectivity index (χ1n) is 7.78. The van der Waals surface area contributed by atoms with Crippen LogP contribution in [0.4, 0.5) is 0 Å². The molecule has 138 valence electrons. The van der Waals surface area contributed by atoms with Gasteiger partial charge in [-0.1, -0.05) is 17.3 Å². The zero-order valence-electron chi connectivity index (χ0n) is 14.7. The number of ether oxygens (including phenoxy) is 2. The molecule has 2 aromatic rings. The van der Waals surface area contributed by atoms with Gasteiger partial charge in [0, 0.05) is 32.3 Å². The van der Waals surface area contributed by atoms with Gasteiger partial charge in [-0.25, -0.2) is 0 Å². The zero-order valence-corrected chi connectivity index (χ0v) is 17.1. The van der Waals surface area contributed by atoms with Gasteiger partial charge in [-0.05, 0) is 18.6 Å². The fraction of sp³-hybridized carbons (Fsp3) is 0.412. The van der Waals surface area contributed by atoms with E-state index < -0.39 is 0 Å². The number of aromatic nitrogens is 1. The zero-order chi connectivity index (χ0) is 17.2. The second-order valence-electron chi connectivity index (χ2n) is 5.22. The van der Waals surface area contributed by atoms with Crippen LogP contribution < -0.4 is 15.4 Å². The molecule has 1 aromatic carbocycles. The molecular weight excluding hydrogens is 435 g/mol. The van der Waals surface area contributed by atoms with Crippen molar-refractivity contribution in [2.75, 3.05) is 27.4 Å². The van der Waals surface area contributed by atoms with Crippen molar-refractivity contribution in [3.63, 3.8) is 0 Å². The molecule has 1 aromatic heterocycles. The molecule has 0 saturated heterocycles. The Morgan fingerprint density at radius 1 is 1.20 bits per heavy atom. The Kier molecular flexibility index (Phi) is 9.93. The lowest BCUT2D eigenvalue weighted by molar-refractivity contribution is 0.145. The van der Waals surface area contributed by atoms with Gasteiger partial charge in [0.05, 0.1) is 13.2 Å². The second-order valence-corrected chi connectivity index (χ2v) is 5.22. The predicted molar refractivity (Wildman–Crippen MR) is 108 cm³/mol. The number of nitrogens with one attached hydrogen (secondary N) is 2. The molecule has 0 amide bonds. The number of benzene rings is 1. The molecule has 0 saturated carbocycles. The SMILES string of the molecule is CN=C(NCc1ccon1)NCc1ccc(C)cc1OCCOC.I. The summed E-state index contributed by atoms with van der Waals surface area (Å²) < 4.78 is 15.6. The smallest absolute Gasteiger partial charge is 0.191 e. The fourth-order valence-electron chi connectivity index (χ4n) is 2.08. The summed E-state index contributed by atoms with van der Waals surface area (Å²) >= 11 is 0. The van der Waals surface area contributed by atoms with Crippen LogP contribution in [0.2, 0.25) is 0 Å². The van der Waals surface area contributed by atoms with E-state index in [0.717, 1.165) is 22.6 Å². The summed E-state index contributed by atoms with van der Waals surface area (Å²) in [5.74, 6) is 1.54. The molecule has 0 bridgehead atoms. The number of nitrogens with zero attached hydrogens (tertiary/aromatic N) is 2. The average Bonchev–Trinajstić information content (AvgIpc) is 3.10. The molecule has 0 spiro atoms. The Labute approximate surface area is 165 Å². The van der Waals surface area contributed by atoms with Crippen LogP contribution in [-0.4, -0.2) is 38.5 Å². The summed E-state index contributed by atoms with van der Waals surface area (Å²) in [7, 11) is 3.38. The summed E-state index contributed by atoms with van der Waals surface area (Å²) in [4.78, 5) is 4.20. The lowest BCUT2D eigenvalue weighted by Gasteiger charge is -2.15. The van der Waals surface area contributed by atoms with E-state index in [1.807, 2.05) is 19.1 Å². The second kappa shape index (κ2) is 11.7. The monoisotopic (exact) mass is 460 g/mol. The first-order valence-corrected chi connectivity index (χ1v) is 7.78. The first-order chi connectivity index (χ1) is 11.7. The van der Waals surface area contributed by atoms with Crippen molar-refractivity contribution in [3.8, 4) is 5.75 Å². The molecule has 0 radical (unpaired) electrons. The van der Waals surface area contributed by atoms with Gasteiger partial charge in [-0.15, -0.1) is 24.0 Å². The third-order valence-corrected chi connectivity index (χ3v) is 3.37.